The molecule has 0 aliphatic carbocycles. The van der Waals surface area contributed by atoms with Crippen LogP contribution in [0.1, 0.15) is 0 Å². The Kier molecular flexibility index (Phi) is 30.7. The van der Waals surface area contributed by atoms with Gasteiger partial charge in [-0.15, -0.1) is 4.91 Å². The highest BCUT2D eigenvalue weighted by Crippen LogP contribution is 1.78. The molecule has 18 heteroatoms. The normalized spacial score (nSPS) is 6.83. The first kappa shape index (κ1) is 25.8. The van der Waals surface area contributed by atoms with Gasteiger partial charge in [0.2, 0.25) is 0 Å². The van der Waals surface area contributed by atoms with Gasteiger partial charge in [0, 0.05) is 0 Å². The predicted octanol–water partition coefficient (Wildman–Crippen LogP) is -3.59. The van der Waals surface area contributed by atoms with Crippen LogP contribution in [-0.2, 0) is 4.76 Å². The smallest absolute Gasteiger partial charge is 0.398 e. The van der Waals surface area contributed by atoms with E-state index in [9.17, 15) is 17.3 Å². The molecule has 0 aromatic rings. The molecule has 106 valence electrons. The number of hydrogen-bond donors (Lipinski definition) is 7. The number of rotatable bonds is 2. The molecule has 0 fully saturated rings. The topological polar surface area (TPSA) is 180 Å². The van der Waals surface area contributed by atoms with E-state index >= 15 is 0 Å². The average molecular weight is 284 g/mol. The van der Waals surface area contributed by atoms with Crippen molar-refractivity contribution in [1.82, 2.24) is 0 Å². The lowest BCUT2D eigenvalue weighted by molar-refractivity contribution is 0.228. The fourth-order valence-corrected chi connectivity index (χ4v) is 0.0355. The van der Waals surface area contributed by atoms with Gasteiger partial charge in [0.05, 0.1) is 0 Å². The zero-order chi connectivity index (χ0) is 15.7. The van der Waals surface area contributed by atoms with Crippen LogP contribution in [0.2, 0.25) is 0 Å². The van der Waals surface area contributed by atoms with Crippen molar-refractivity contribution in [2.45, 2.75) is 0 Å². The van der Waals surface area contributed by atoms with Crippen LogP contribution in [0.4, 0.5) is 17.3 Å². The van der Waals surface area contributed by atoms with E-state index in [0.29, 0.717) is 0 Å². The molecule has 0 aliphatic rings. The average Bonchev–Trinajstić information content (AvgIpc) is 1.98. The third-order valence-corrected chi connectivity index (χ3v) is 0.130. The maximum absolute atomic E-state index is 10.7. The first-order valence-electron chi connectivity index (χ1n) is 3.28. The number of hydrogen-bond acceptors (Lipinski definition) is 10. The van der Waals surface area contributed by atoms with Crippen LogP contribution in [0, 0.1) is 4.91 Å². The lowest BCUT2D eigenvalue weighted by Gasteiger charge is -1.80. The van der Waals surface area contributed by atoms with E-state index in [2.05, 4.69) is 4.76 Å². The highest BCUT2D eigenvalue weighted by atomic mass is 19.1. The van der Waals surface area contributed by atoms with Gasteiger partial charge in [0.15, 0.2) is 0 Å². The Morgan fingerprint density at radius 2 is 0.889 bits per heavy atom. The fraction of sp³-hybridized carbons (Fsp3) is 0. The molecule has 0 radical (unpaired) electrons. The summed E-state index contributed by atoms with van der Waals surface area (Å²) in [7, 11) is -10.6. The van der Waals surface area contributed by atoms with Crippen molar-refractivity contribution in [3.8, 4) is 0 Å². The van der Waals surface area contributed by atoms with E-state index in [-0.39, 0.29) is 0 Å². The van der Waals surface area contributed by atoms with Crippen molar-refractivity contribution in [3.05, 3.63) is 4.91 Å². The molecule has 0 spiro atoms. The standard InChI is InChI=1S/BFHNO3.3BFH2O2/c2-1(4)6-3-5;3*2-1(3)4/h4H;3*3-4H. The number of halogens is 4. The van der Waals surface area contributed by atoms with Crippen molar-refractivity contribution in [3.63, 3.8) is 0 Å². The second kappa shape index (κ2) is 21.4. The third kappa shape index (κ3) is 681. The minimum Gasteiger partial charge on any atom is -0.398 e. The molecule has 0 unspecified atom stereocenters. The van der Waals surface area contributed by atoms with Crippen LogP contribution in [0.15, 0.2) is 5.34 Å². The summed E-state index contributed by atoms with van der Waals surface area (Å²) in [5.74, 6) is 0. The molecule has 18 heavy (non-hydrogen) atoms. The molecule has 0 atom stereocenters. The molecule has 0 aliphatic heterocycles. The summed E-state index contributed by atoms with van der Waals surface area (Å²) in [5, 5.41) is 50.6. The lowest BCUT2D eigenvalue weighted by atomic mass is 10.3. The van der Waals surface area contributed by atoms with Gasteiger partial charge < -0.3 is 39.9 Å². The van der Waals surface area contributed by atoms with E-state index < -0.39 is 29.6 Å². The summed E-state index contributed by atoms with van der Waals surface area (Å²) >= 11 is 0. The molecule has 7 N–H and O–H groups in total. The van der Waals surface area contributed by atoms with Crippen molar-refractivity contribution >= 4 is 29.6 Å². The van der Waals surface area contributed by atoms with E-state index in [1.54, 1.807) is 5.34 Å². The third-order valence-electron chi connectivity index (χ3n) is 0.130. The van der Waals surface area contributed by atoms with E-state index in [4.69, 9.17) is 40.1 Å². The van der Waals surface area contributed by atoms with Crippen LogP contribution >= 0.6 is 0 Å². The summed E-state index contributed by atoms with van der Waals surface area (Å²) in [6.07, 6.45) is 0. The summed E-state index contributed by atoms with van der Waals surface area (Å²) in [6.45, 7) is 0. The van der Waals surface area contributed by atoms with Gasteiger partial charge in [-0.1, -0.05) is 0 Å². The largest absolute Gasteiger partial charge is 0.775 e. The van der Waals surface area contributed by atoms with Gasteiger partial charge in [-0.3, -0.25) is 12.9 Å². The van der Waals surface area contributed by atoms with Gasteiger partial charge in [-0.05, 0) is 0 Å². The first-order chi connectivity index (χ1) is 7.97. The van der Waals surface area contributed by atoms with Crippen LogP contribution in [-0.4, -0.2) is 64.8 Å². The minimum absolute atomic E-state index is 1.56. The second-order valence-corrected chi connectivity index (χ2v) is 1.40. The van der Waals surface area contributed by atoms with E-state index in [1.165, 1.54) is 0 Å². The van der Waals surface area contributed by atoms with Crippen molar-refractivity contribution in [1.29, 1.82) is 0 Å². The zero-order valence-corrected chi connectivity index (χ0v) is 8.22. The molecule has 0 heterocycles. The van der Waals surface area contributed by atoms with Crippen LogP contribution in [0.25, 0.3) is 0 Å². The second-order valence-electron chi connectivity index (χ2n) is 1.40. The molecular formula is H7B4F4NO9. The Balaban J connectivity index is -0.0000000742. The Morgan fingerprint density at radius 1 is 0.722 bits per heavy atom. The fourth-order valence-electron chi connectivity index (χ4n) is 0.0355. The molecule has 0 saturated heterocycles. The molecule has 0 saturated carbocycles. The van der Waals surface area contributed by atoms with Crippen LogP contribution in [0.3, 0.4) is 0 Å². The van der Waals surface area contributed by atoms with Crippen molar-refractivity contribution in [2.24, 2.45) is 5.34 Å². The molecule has 0 aromatic carbocycles. The molecule has 0 bridgehead atoms. The quantitative estimate of drug-likeness (QED) is 0.117. The van der Waals surface area contributed by atoms with Gasteiger partial charge in [0.25, 0.3) is 0 Å². The molecule has 0 aromatic heterocycles. The summed E-state index contributed by atoms with van der Waals surface area (Å²) < 4.78 is 44.1. The molecule has 0 amide bonds. The molecule has 10 nitrogen and oxygen atoms in total. The predicted molar refractivity (Wildman–Crippen MR) is 49.9 cm³/mol. The highest BCUT2D eigenvalue weighted by Gasteiger charge is 2.12. The molecular weight excluding hydrogens is 277 g/mol. The lowest BCUT2D eigenvalue weighted by Crippen LogP contribution is -2.04. The van der Waals surface area contributed by atoms with Gasteiger partial charge in [0.1, 0.15) is 5.34 Å². The Labute approximate surface area is 98.1 Å². The zero-order valence-electron chi connectivity index (χ0n) is 8.22. The summed E-state index contributed by atoms with van der Waals surface area (Å²) in [5.41, 5.74) is 0. The SMILES string of the molecule is O=NOB(O)F.OB(O)F.OB(O)F.OB(O)F. The minimum atomic E-state index is -2.67. The molecule has 0 rings (SSSR count). The maximum atomic E-state index is 10.7. The first-order valence-corrected chi connectivity index (χ1v) is 3.28. The van der Waals surface area contributed by atoms with Crippen LogP contribution < -0.4 is 0 Å². The van der Waals surface area contributed by atoms with E-state index in [0.717, 1.165) is 0 Å². The Bertz CT molecular complexity index is 126. The monoisotopic (exact) mass is 285 g/mol. The van der Waals surface area contributed by atoms with Crippen LogP contribution in [0.5, 0.6) is 0 Å². The van der Waals surface area contributed by atoms with E-state index in [1.807, 2.05) is 0 Å². The Hall–Kier alpha value is -0.900. The number of nitrogens with zero attached hydrogens (tertiary/aromatic N) is 1. The maximum Gasteiger partial charge on any atom is 0.775 e. The van der Waals surface area contributed by atoms with Gasteiger partial charge >= 0.3 is 29.6 Å². The van der Waals surface area contributed by atoms with Crippen molar-refractivity contribution < 1.29 is 57.2 Å². The highest BCUT2D eigenvalue weighted by molar-refractivity contribution is 6.33. The Morgan fingerprint density at radius 3 is 0.889 bits per heavy atom. The van der Waals surface area contributed by atoms with Gasteiger partial charge in [-0.25, -0.2) is 4.32 Å². The summed E-state index contributed by atoms with van der Waals surface area (Å²) in [4.78, 5) is 8.74. The summed E-state index contributed by atoms with van der Waals surface area (Å²) in [6, 6.07) is 0. The van der Waals surface area contributed by atoms with Gasteiger partial charge in [-0.2, -0.15) is 0 Å². The van der Waals surface area contributed by atoms with Crippen molar-refractivity contribution in [2.75, 3.05) is 0 Å².